The van der Waals surface area contributed by atoms with E-state index < -0.39 is 0 Å². The number of hydrogen-bond acceptors (Lipinski definition) is 2. The van der Waals surface area contributed by atoms with Crippen LogP contribution in [0, 0.1) is 0 Å². The van der Waals surface area contributed by atoms with Gasteiger partial charge in [0, 0.05) is 16.6 Å². The normalized spacial score (nSPS) is 13.0. The summed E-state index contributed by atoms with van der Waals surface area (Å²) in [6, 6.07) is 5.36. The Hall–Kier alpha value is -0.280. The SMILES string of the molecule is CCN(CC)CCC(O)Cc1cc(Cl)ccc1Cl. The van der Waals surface area contributed by atoms with E-state index >= 15 is 0 Å². The van der Waals surface area contributed by atoms with Crippen molar-refractivity contribution < 1.29 is 5.11 Å². The Bertz CT molecular complexity index is 367. The molecule has 0 aromatic heterocycles. The number of benzene rings is 1. The van der Waals surface area contributed by atoms with E-state index in [0.29, 0.717) is 16.5 Å². The number of aliphatic hydroxyl groups excluding tert-OH is 1. The fourth-order valence-electron chi connectivity index (χ4n) is 1.93. The highest BCUT2D eigenvalue weighted by molar-refractivity contribution is 6.33. The summed E-state index contributed by atoms with van der Waals surface area (Å²) in [6.45, 7) is 7.20. The first-order valence-corrected chi connectivity index (χ1v) is 7.16. The Labute approximate surface area is 120 Å². The van der Waals surface area contributed by atoms with E-state index in [0.717, 1.165) is 31.6 Å². The first kappa shape index (κ1) is 15.8. The highest BCUT2D eigenvalue weighted by Gasteiger charge is 2.10. The molecule has 1 aromatic carbocycles. The lowest BCUT2D eigenvalue weighted by atomic mass is 10.1. The van der Waals surface area contributed by atoms with Gasteiger partial charge >= 0.3 is 0 Å². The van der Waals surface area contributed by atoms with Gasteiger partial charge in [-0.25, -0.2) is 0 Å². The van der Waals surface area contributed by atoms with Crippen LogP contribution in [0.2, 0.25) is 10.0 Å². The maximum absolute atomic E-state index is 10.0. The second kappa shape index (κ2) is 8.00. The first-order chi connectivity index (χ1) is 8.56. The van der Waals surface area contributed by atoms with Crippen molar-refractivity contribution in [1.29, 1.82) is 0 Å². The van der Waals surface area contributed by atoms with Gasteiger partial charge in [-0.15, -0.1) is 0 Å². The smallest absolute Gasteiger partial charge is 0.0593 e. The van der Waals surface area contributed by atoms with Crippen molar-refractivity contribution in [2.75, 3.05) is 19.6 Å². The van der Waals surface area contributed by atoms with Gasteiger partial charge in [-0.05, 0) is 49.7 Å². The van der Waals surface area contributed by atoms with Gasteiger partial charge in [0.1, 0.15) is 0 Å². The molecule has 0 amide bonds. The van der Waals surface area contributed by atoms with Crippen LogP contribution in [-0.2, 0) is 6.42 Å². The quantitative estimate of drug-likeness (QED) is 0.829. The van der Waals surface area contributed by atoms with Gasteiger partial charge in [-0.3, -0.25) is 0 Å². The molecule has 1 aromatic rings. The minimum atomic E-state index is -0.374. The number of nitrogens with zero attached hydrogens (tertiary/aromatic N) is 1. The van der Waals surface area contributed by atoms with Gasteiger partial charge in [-0.2, -0.15) is 0 Å². The largest absolute Gasteiger partial charge is 0.393 e. The number of halogens is 2. The third-order valence-electron chi connectivity index (χ3n) is 3.14. The Morgan fingerprint density at radius 3 is 2.50 bits per heavy atom. The van der Waals surface area contributed by atoms with Crippen LogP contribution < -0.4 is 0 Å². The molecule has 0 aliphatic carbocycles. The molecule has 1 unspecified atom stereocenters. The lowest BCUT2D eigenvalue weighted by molar-refractivity contribution is 0.144. The van der Waals surface area contributed by atoms with Crippen molar-refractivity contribution in [2.45, 2.75) is 32.8 Å². The van der Waals surface area contributed by atoms with Crippen LogP contribution in [0.1, 0.15) is 25.8 Å². The standard InChI is InChI=1S/C14H21Cl2NO/c1-3-17(4-2)8-7-13(18)10-11-9-12(15)5-6-14(11)16/h5-6,9,13,18H,3-4,7-8,10H2,1-2H3. The summed E-state index contributed by atoms with van der Waals surface area (Å²) in [4.78, 5) is 2.29. The molecule has 2 nitrogen and oxygen atoms in total. The highest BCUT2D eigenvalue weighted by Crippen LogP contribution is 2.22. The van der Waals surface area contributed by atoms with Gasteiger partial charge in [0.2, 0.25) is 0 Å². The Balaban J connectivity index is 2.48. The molecule has 1 atom stereocenters. The molecular weight excluding hydrogens is 269 g/mol. The van der Waals surface area contributed by atoms with Gasteiger partial charge in [0.25, 0.3) is 0 Å². The Morgan fingerprint density at radius 1 is 1.22 bits per heavy atom. The van der Waals surface area contributed by atoms with Crippen molar-refractivity contribution in [3.63, 3.8) is 0 Å². The van der Waals surface area contributed by atoms with Crippen LogP contribution in [0.3, 0.4) is 0 Å². The van der Waals surface area contributed by atoms with Gasteiger partial charge in [0.15, 0.2) is 0 Å². The lowest BCUT2D eigenvalue weighted by Crippen LogP contribution is -2.27. The lowest BCUT2D eigenvalue weighted by Gasteiger charge is -2.20. The molecule has 1 rings (SSSR count). The van der Waals surface area contributed by atoms with Crippen LogP contribution in [0.4, 0.5) is 0 Å². The van der Waals surface area contributed by atoms with E-state index in [1.807, 2.05) is 6.07 Å². The van der Waals surface area contributed by atoms with Crippen molar-refractivity contribution in [1.82, 2.24) is 4.90 Å². The number of aliphatic hydroxyl groups is 1. The van der Waals surface area contributed by atoms with Crippen molar-refractivity contribution in [3.8, 4) is 0 Å². The summed E-state index contributed by atoms with van der Waals surface area (Å²) in [5.41, 5.74) is 0.913. The summed E-state index contributed by atoms with van der Waals surface area (Å²) in [5.74, 6) is 0. The fourth-order valence-corrected chi connectivity index (χ4v) is 2.32. The third-order valence-corrected chi connectivity index (χ3v) is 3.74. The molecule has 0 spiro atoms. The summed E-state index contributed by atoms with van der Waals surface area (Å²) in [7, 11) is 0. The Morgan fingerprint density at radius 2 is 1.89 bits per heavy atom. The molecule has 102 valence electrons. The average Bonchev–Trinajstić information content (AvgIpc) is 2.35. The maximum Gasteiger partial charge on any atom is 0.0593 e. The van der Waals surface area contributed by atoms with E-state index in [2.05, 4.69) is 18.7 Å². The van der Waals surface area contributed by atoms with Gasteiger partial charge < -0.3 is 10.0 Å². The van der Waals surface area contributed by atoms with E-state index in [-0.39, 0.29) is 6.10 Å². The molecule has 4 heteroatoms. The molecule has 0 saturated carbocycles. The molecule has 0 radical (unpaired) electrons. The molecule has 0 bridgehead atoms. The van der Waals surface area contributed by atoms with Crippen LogP contribution in [0.15, 0.2) is 18.2 Å². The summed E-state index contributed by atoms with van der Waals surface area (Å²) in [6.07, 6.45) is 0.937. The number of hydrogen-bond donors (Lipinski definition) is 1. The topological polar surface area (TPSA) is 23.5 Å². The van der Waals surface area contributed by atoms with E-state index in [1.54, 1.807) is 12.1 Å². The zero-order valence-corrected chi connectivity index (χ0v) is 12.5. The summed E-state index contributed by atoms with van der Waals surface area (Å²) < 4.78 is 0. The molecule has 0 heterocycles. The monoisotopic (exact) mass is 289 g/mol. The van der Waals surface area contributed by atoms with E-state index in [4.69, 9.17) is 23.2 Å². The fraction of sp³-hybridized carbons (Fsp3) is 0.571. The third kappa shape index (κ3) is 5.15. The molecule has 18 heavy (non-hydrogen) atoms. The highest BCUT2D eigenvalue weighted by atomic mass is 35.5. The zero-order valence-electron chi connectivity index (χ0n) is 11.0. The van der Waals surface area contributed by atoms with E-state index in [9.17, 15) is 5.11 Å². The maximum atomic E-state index is 10.0. The predicted molar refractivity (Wildman–Crippen MR) is 78.6 cm³/mol. The minimum absolute atomic E-state index is 0.374. The van der Waals surface area contributed by atoms with E-state index in [1.165, 1.54) is 0 Å². The molecular formula is C14H21Cl2NO. The summed E-state index contributed by atoms with van der Waals surface area (Å²) >= 11 is 12.0. The molecule has 0 saturated heterocycles. The zero-order chi connectivity index (χ0) is 13.5. The Kier molecular flexibility index (Phi) is 7.02. The molecule has 0 fully saturated rings. The summed E-state index contributed by atoms with van der Waals surface area (Å²) in [5, 5.41) is 11.4. The van der Waals surface area contributed by atoms with Crippen LogP contribution in [0.25, 0.3) is 0 Å². The van der Waals surface area contributed by atoms with Crippen LogP contribution >= 0.6 is 23.2 Å². The van der Waals surface area contributed by atoms with Crippen molar-refractivity contribution >= 4 is 23.2 Å². The van der Waals surface area contributed by atoms with Crippen LogP contribution in [-0.4, -0.2) is 35.7 Å². The van der Waals surface area contributed by atoms with Crippen molar-refractivity contribution in [3.05, 3.63) is 33.8 Å². The molecule has 0 aliphatic heterocycles. The minimum Gasteiger partial charge on any atom is -0.393 e. The molecule has 1 N–H and O–H groups in total. The average molecular weight is 290 g/mol. The van der Waals surface area contributed by atoms with Crippen molar-refractivity contribution in [2.24, 2.45) is 0 Å². The first-order valence-electron chi connectivity index (χ1n) is 6.41. The van der Waals surface area contributed by atoms with Gasteiger partial charge in [-0.1, -0.05) is 37.0 Å². The molecule has 0 aliphatic rings. The van der Waals surface area contributed by atoms with Crippen LogP contribution in [0.5, 0.6) is 0 Å². The number of rotatable bonds is 7. The predicted octanol–water partition coefficient (Wildman–Crippen LogP) is 3.63. The second-order valence-corrected chi connectivity index (χ2v) is 5.25. The van der Waals surface area contributed by atoms with Gasteiger partial charge in [0.05, 0.1) is 6.10 Å². The second-order valence-electron chi connectivity index (χ2n) is 4.41.